The van der Waals surface area contributed by atoms with Crippen molar-refractivity contribution in [2.45, 2.75) is 57.0 Å². The minimum atomic E-state index is -0.696. The van der Waals surface area contributed by atoms with Crippen LogP contribution >= 0.6 is 0 Å². The zero-order valence-electron chi connectivity index (χ0n) is 27.5. The number of hydrogen-bond acceptors (Lipinski definition) is 5. The number of nitrogens with one attached hydrogen (secondary N) is 3. The number of ether oxygens (including phenoxy) is 1. The zero-order chi connectivity index (χ0) is 34.1. The monoisotopic (exact) mass is 649 g/mol. The van der Waals surface area contributed by atoms with Crippen LogP contribution in [0.5, 0.6) is 0 Å². The van der Waals surface area contributed by atoms with Crippen LogP contribution in [-0.4, -0.2) is 53.2 Å². The van der Waals surface area contributed by atoms with E-state index in [2.05, 4.69) is 28.8 Å². The summed E-state index contributed by atoms with van der Waals surface area (Å²) in [6.45, 7) is 7.36. The standard InChI is InChI=1S/C40H47N3O5/c1-3-5-19-32(22-29-15-8-6-9-16-29)40(47)48-28-35(24-33-26-41-37-21-13-12-20-36(33)37)43-39(46)31(14-4-2)25-38(45)42-34(27-44)23-30-17-10-7-11-18-30/h3-4,6-13,15-18,20-21,26,31-32,34-35,41,44H,1-2,5,14,19,22-25,27-28H2,(H,42,45)(H,43,46). The van der Waals surface area contributed by atoms with Gasteiger partial charge in [0, 0.05) is 23.5 Å². The van der Waals surface area contributed by atoms with Crippen LogP contribution < -0.4 is 10.6 Å². The maximum Gasteiger partial charge on any atom is 0.309 e. The number of aromatic amines is 1. The summed E-state index contributed by atoms with van der Waals surface area (Å²) >= 11 is 0. The van der Waals surface area contributed by atoms with Gasteiger partial charge in [0.1, 0.15) is 6.61 Å². The van der Waals surface area contributed by atoms with Gasteiger partial charge in [0.05, 0.1) is 30.5 Å². The number of fused-ring (bicyclic) bond motifs is 1. The lowest BCUT2D eigenvalue weighted by atomic mass is 9.94. The van der Waals surface area contributed by atoms with Gasteiger partial charge >= 0.3 is 5.97 Å². The van der Waals surface area contributed by atoms with E-state index in [1.807, 2.05) is 91.1 Å². The van der Waals surface area contributed by atoms with E-state index in [9.17, 15) is 19.5 Å². The van der Waals surface area contributed by atoms with E-state index in [1.165, 1.54) is 0 Å². The van der Waals surface area contributed by atoms with Crippen molar-refractivity contribution in [3.63, 3.8) is 0 Å². The van der Waals surface area contributed by atoms with E-state index in [4.69, 9.17) is 4.74 Å². The molecular weight excluding hydrogens is 602 g/mol. The molecule has 8 heteroatoms. The number of aliphatic hydroxyl groups is 1. The fourth-order valence-electron chi connectivity index (χ4n) is 5.91. The van der Waals surface area contributed by atoms with Gasteiger partial charge in [-0.15, -0.1) is 13.2 Å². The highest BCUT2D eigenvalue weighted by atomic mass is 16.5. The molecule has 0 aliphatic carbocycles. The molecule has 0 spiro atoms. The summed E-state index contributed by atoms with van der Waals surface area (Å²) < 4.78 is 5.92. The minimum absolute atomic E-state index is 0.0277. The predicted molar refractivity (Wildman–Crippen MR) is 190 cm³/mol. The number of aliphatic hydroxyl groups excluding tert-OH is 1. The molecule has 0 bridgehead atoms. The number of esters is 1. The molecule has 4 rings (SSSR count). The highest BCUT2D eigenvalue weighted by Gasteiger charge is 2.27. The van der Waals surface area contributed by atoms with Crippen LogP contribution in [-0.2, 0) is 38.4 Å². The molecule has 3 aromatic carbocycles. The molecule has 4 N–H and O–H groups in total. The Kier molecular flexibility index (Phi) is 14.2. The zero-order valence-corrected chi connectivity index (χ0v) is 27.5. The molecule has 2 amide bonds. The summed E-state index contributed by atoms with van der Waals surface area (Å²) in [5.74, 6) is -2.05. The first-order valence-corrected chi connectivity index (χ1v) is 16.6. The van der Waals surface area contributed by atoms with Gasteiger partial charge in [-0.3, -0.25) is 14.4 Å². The van der Waals surface area contributed by atoms with Crippen LogP contribution in [0.1, 0.15) is 42.4 Å². The fourth-order valence-corrected chi connectivity index (χ4v) is 5.91. The minimum Gasteiger partial charge on any atom is -0.463 e. The van der Waals surface area contributed by atoms with Crippen LogP contribution in [0, 0.1) is 11.8 Å². The first kappa shape index (κ1) is 35.9. The van der Waals surface area contributed by atoms with Gasteiger partial charge in [0.2, 0.25) is 11.8 Å². The molecule has 0 saturated carbocycles. The van der Waals surface area contributed by atoms with Gasteiger partial charge in [-0.25, -0.2) is 0 Å². The SMILES string of the molecule is C=CCCC(Cc1ccccc1)C(=O)OCC(Cc1c[nH]c2ccccc12)NC(=O)C(CC=C)CC(=O)NC(CO)Cc1ccccc1. The average molecular weight is 650 g/mol. The Morgan fingerprint density at radius 2 is 1.46 bits per heavy atom. The third kappa shape index (κ3) is 11.1. The van der Waals surface area contributed by atoms with Crippen LogP contribution in [0.4, 0.5) is 0 Å². The normalized spacial score (nSPS) is 13.5. The van der Waals surface area contributed by atoms with E-state index >= 15 is 0 Å². The predicted octanol–water partition coefficient (Wildman–Crippen LogP) is 5.87. The lowest BCUT2D eigenvalue weighted by Crippen LogP contribution is -2.45. The van der Waals surface area contributed by atoms with Gasteiger partial charge in [-0.05, 0) is 61.3 Å². The molecule has 4 aromatic rings. The quantitative estimate of drug-likeness (QED) is 0.0706. The molecule has 4 atom stereocenters. The van der Waals surface area contributed by atoms with Crippen LogP contribution in [0.15, 0.2) is 116 Å². The van der Waals surface area contributed by atoms with E-state index in [-0.39, 0.29) is 49.8 Å². The summed E-state index contributed by atoms with van der Waals surface area (Å²) in [7, 11) is 0. The van der Waals surface area contributed by atoms with Crippen molar-refractivity contribution < 1.29 is 24.2 Å². The number of hydrogen-bond donors (Lipinski definition) is 4. The average Bonchev–Trinajstić information content (AvgIpc) is 3.51. The third-order valence-corrected chi connectivity index (χ3v) is 8.46. The Labute approximate surface area is 283 Å². The number of carbonyl (C=O) groups excluding carboxylic acids is 3. The first-order chi connectivity index (χ1) is 23.4. The Balaban J connectivity index is 1.45. The first-order valence-electron chi connectivity index (χ1n) is 16.6. The lowest BCUT2D eigenvalue weighted by Gasteiger charge is -2.24. The molecule has 0 radical (unpaired) electrons. The highest BCUT2D eigenvalue weighted by molar-refractivity contribution is 5.87. The number of carbonyl (C=O) groups is 3. The lowest BCUT2D eigenvalue weighted by molar-refractivity contribution is -0.150. The Morgan fingerprint density at radius 3 is 2.12 bits per heavy atom. The van der Waals surface area contributed by atoms with Crippen molar-refractivity contribution in [2.24, 2.45) is 11.8 Å². The molecule has 1 heterocycles. The topological polar surface area (TPSA) is 121 Å². The molecule has 0 fully saturated rings. The summed E-state index contributed by atoms with van der Waals surface area (Å²) in [6.07, 6.45) is 8.23. The molecule has 252 valence electrons. The van der Waals surface area contributed by atoms with E-state index in [0.29, 0.717) is 32.1 Å². The van der Waals surface area contributed by atoms with Crippen LogP contribution in [0.2, 0.25) is 0 Å². The Hall–Kier alpha value is -4.95. The van der Waals surface area contributed by atoms with Gasteiger partial charge in [0.15, 0.2) is 0 Å². The molecule has 8 nitrogen and oxygen atoms in total. The number of benzene rings is 3. The highest BCUT2D eigenvalue weighted by Crippen LogP contribution is 2.21. The van der Waals surface area contributed by atoms with Crippen molar-refractivity contribution in [3.8, 4) is 0 Å². The van der Waals surface area contributed by atoms with Crippen molar-refractivity contribution in [1.82, 2.24) is 15.6 Å². The van der Waals surface area contributed by atoms with Gasteiger partial charge in [-0.2, -0.15) is 0 Å². The summed E-state index contributed by atoms with van der Waals surface area (Å²) in [5, 5.41) is 16.9. The largest absolute Gasteiger partial charge is 0.463 e. The third-order valence-electron chi connectivity index (χ3n) is 8.46. The van der Waals surface area contributed by atoms with Crippen LogP contribution in [0.3, 0.4) is 0 Å². The smallest absolute Gasteiger partial charge is 0.309 e. The maximum atomic E-state index is 13.7. The second-order valence-electron chi connectivity index (χ2n) is 12.2. The fraction of sp³-hybridized carbons (Fsp3) is 0.325. The Bertz CT molecular complexity index is 1620. The van der Waals surface area contributed by atoms with E-state index < -0.39 is 18.0 Å². The number of amides is 2. The number of rotatable bonds is 20. The van der Waals surface area contributed by atoms with E-state index in [0.717, 1.165) is 27.6 Å². The summed E-state index contributed by atoms with van der Waals surface area (Å²) in [5.41, 5.74) is 3.98. The van der Waals surface area contributed by atoms with Gasteiger partial charge in [-0.1, -0.05) is 91.0 Å². The molecular formula is C40H47N3O5. The van der Waals surface area contributed by atoms with E-state index in [1.54, 1.807) is 12.2 Å². The van der Waals surface area contributed by atoms with Crippen molar-refractivity contribution in [3.05, 3.63) is 133 Å². The van der Waals surface area contributed by atoms with Crippen molar-refractivity contribution in [1.29, 1.82) is 0 Å². The molecule has 0 aliphatic rings. The molecule has 0 saturated heterocycles. The van der Waals surface area contributed by atoms with Gasteiger partial charge in [0.25, 0.3) is 0 Å². The van der Waals surface area contributed by atoms with Crippen molar-refractivity contribution >= 4 is 28.7 Å². The summed E-state index contributed by atoms with van der Waals surface area (Å²) in [6, 6.07) is 26.3. The number of allylic oxidation sites excluding steroid dienone is 2. The molecule has 4 unspecified atom stereocenters. The number of aromatic nitrogens is 1. The molecule has 48 heavy (non-hydrogen) atoms. The van der Waals surface area contributed by atoms with Crippen LogP contribution in [0.25, 0.3) is 10.9 Å². The second-order valence-corrected chi connectivity index (χ2v) is 12.2. The Morgan fingerprint density at radius 1 is 0.792 bits per heavy atom. The number of H-pyrrole nitrogens is 1. The summed E-state index contributed by atoms with van der Waals surface area (Å²) in [4.78, 5) is 43.5. The van der Waals surface area contributed by atoms with Gasteiger partial charge < -0.3 is 25.5 Å². The maximum absolute atomic E-state index is 13.7. The molecule has 0 aliphatic heterocycles. The molecule has 1 aromatic heterocycles. The van der Waals surface area contributed by atoms with Crippen molar-refractivity contribution in [2.75, 3.05) is 13.2 Å². The number of para-hydroxylation sites is 1. The second kappa shape index (κ2) is 19.0.